The van der Waals surface area contributed by atoms with Gasteiger partial charge in [0.15, 0.2) is 5.78 Å². The van der Waals surface area contributed by atoms with E-state index < -0.39 is 5.82 Å². The fourth-order valence-corrected chi connectivity index (χ4v) is 5.75. The first-order valence-electron chi connectivity index (χ1n) is 10.2. The second-order valence-electron chi connectivity index (χ2n) is 8.36. The van der Waals surface area contributed by atoms with Gasteiger partial charge in [0.25, 0.3) is 0 Å². The summed E-state index contributed by atoms with van der Waals surface area (Å²) >= 11 is 5.74. The van der Waals surface area contributed by atoms with E-state index in [0.717, 1.165) is 36.8 Å². The van der Waals surface area contributed by atoms with Crippen LogP contribution < -0.4 is 4.74 Å². The van der Waals surface area contributed by atoms with Gasteiger partial charge in [-0.05, 0) is 72.9 Å². The van der Waals surface area contributed by atoms with Gasteiger partial charge in [-0.15, -0.1) is 0 Å². The van der Waals surface area contributed by atoms with Gasteiger partial charge >= 0.3 is 0 Å². The monoisotopic (exact) mass is 412 g/mol. The maximum Gasteiger partial charge on any atom is 0.170 e. The first-order valence-corrected chi connectivity index (χ1v) is 10.6. The highest BCUT2D eigenvalue weighted by molar-refractivity contribution is 6.30. The van der Waals surface area contributed by atoms with Gasteiger partial charge in [-0.3, -0.25) is 4.79 Å². The first kappa shape index (κ1) is 18.7. The Morgan fingerprint density at radius 1 is 1.10 bits per heavy atom. The zero-order valence-corrected chi connectivity index (χ0v) is 16.9. The van der Waals surface area contributed by atoms with Gasteiger partial charge in [-0.25, -0.2) is 4.39 Å². The van der Waals surface area contributed by atoms with Crippen LogP contribution in [0.3, 0.4) is 0 Å². The number of aliphatic hydroxyl groups excluding tert-OH is 1. The van der Waals surface area contributed by atoms with E-state index in [9.17, 15) is 14.3 Å². The molecule has 0 saturated heterocycles. The highest BCUT2D eigenvalue weighted by Crippen LogP contribution is 2.60. The average Bonchev–Trinajstić information content (AvgIpc) is 3.39. The summed E-state index contributed by atoms with van der Waals surface area (Å²) in [5.74, 6) is 1.34. The zero-order chi connectivity index (χ0) is 20.3. The number of allylic oxidation sites excluding steroid dienone is 2. The van der Waals surface area contributed by atoms with Gasteiger partial charge in [0, 0.05) is 17.9 Å². The molecule has 2 saturated carbocycles. The fraction of sp³-hybridized carbons (Fsp3) is 0.375. The number of hydrogen-bond donors (Lipinski definition) is 1. The van der Waals surface area contributed by atoms with Crippen LogP contribution in [0, 0.1) is 29.5 Å². The minimum Gasteiger partial charge on any atom is -0.511 e. The van der Waals surface area contributed by atoms with Crippen LogP contribution in [0.4, 0.5) is 4.39 Å². The number of benzene rings is 2. The number of fused-ring (bicyclic) bond motifs is 5. The predicted molar refractivity (Wildman–Crippen MR) is 110 cm³/mol. The molecule has 0 spiro atoms. The number of ketones is 1. The minimum absolute atomic E-state index is 0.0177. The van der Waals surface area contributed by atoms with E-state index in [4.69, 9.17) is 16.3 Å². The molecule has 1 N–H and O–H groups in total. The van der Waals surface area contributed by atoms with Crippen molar-refractivity contribution in [1.82, 2.24) is 0 Å². The van der Waals surface area contributed by atoms with Crippen LogP contribution in [0.1, 0.15) is 37.3 Å². The van der Waals surface area contributed by atoms with Crippen molar-refractivity contribution >= 4 is 23.0 Å². The van der Waals surface area contributed by atoms with Crippen molar-refractivity contribution < 1.29 is 19.0 Å². The Morgan fingerprint density at radius 2 is 1.79 bits per heavy atom. The number of Topliss-reactive ketones (excluding diaryl/α,β-unsaturated/α-hetero) is 1. The summed E-state index contributed by atoms with van der Waals surface area (Å²) < 4.78 is 19.6. The van der Waals surface area contributed by atoms with E-state index in [1.165, 1.54) is 12.1 Å². The molecule has 0 aromatic heterocycles. The number of ether oxygens (including phenoxy) is 1. The molecule has 2 aromatic rings. The molecular formula is C24H22ClFO3. The largest absolute Gasteiger partial charge is 0.511 e. The second kappa shape index (κ2) is 6.88. The van der Waals surface area contributed by atoms with Crippen molar-refractivity contribution in [1.29, 1.82) is 0 Å². The Hall–Kier alpha value is -2.33. The van der Waals surface area contributed by atoms with Crippen LogP contribution in [0.25, 0.3) is 5.57 Å². The molecule has 0 unspecified atom stereocenters. The molecule has 150 valence electrons. The van der Waals surface area contributed by atoms with E-state index in [2.05, 4.69) is 0 Å². The number of aryl methyl sites for hydroxylation is 1. The molecule has 4 atom stereocenters. The summed E-state index contributed by atoms with van der Waals surface area (Å²) in [6, 6.07) is 9.77. The topological polar surface area (TPSA) is 46.5 Å². The summed E-state index contributed by atoms with van der Waals surface area (Å²) in [4.78, 5) is 13.3. The van der Waals surface area contributed by atoms with Crippen LogP contribution in [0.5, 0.6) is 11.5 Å². The quantitative estimate of drug-likeness (QED) is 0.636. The number of carbonyl (C=O) groups is 1. The molecular weight excluding hydrogens is 391 g/mol. The third-order valence-electron chi connectivity index (χ3n) is 6.90. The number of halogens is 2. The van der Waals surface area contributed by atoms with Gasteiger partial charge < -0.3 is 9.84 Å². The third-order valence-corrected chi connectivity index (χ3v) is 7.20. The Morgan fingerprint density at radius 3 is 2.48 bits per heavy atom. The van der Waals surface area contributed by atoms with E-state index in [1.54, 1.807) is 18.2 Å². The van der Waals surface area contributed by atoms with E-state index >= 15 is 0 Å². The molecule has 0 amide bonds. The summed E-state index contributed by atoms with van der Waals surface area (Å²) in [6.07, 6.45) is 3.98. The Kier molecular flexibility index (Phi) is 4.43. The first-order chi connectivity index (χ1) is 14.0. The molecule has 2 fully saturated rings. The maximum absolute atomic E-state index is 13.7. The van der Waals surface area contributed by atoms with Crippen molar-refractivity contribution in [2.24, 2.45) is 23.7 Å². The van der Waals surface area contributed by atoms with Crippen molar-refractivity contribution in [2.45, 2.75) is 32.6 Å². The number of carbonyl (C=O) groups excluding carboxylic acids is 1. The lowest BCUT2D eigenvalue weighted by Gasteiger charge is -2.23. The van der Waals surface area contributed by atoms with Crippen LogP contribution >= 0.6 is 11.6 Å². The normalized spacial score (nSPS) is 27.6. The van der Waals surface area contributed by atoms with Crippen LogP contribution in [0.15, 0.2) is 42.2 Å². The zero-order valence-electron chi connectivity index (χ0n) is 16.1. The highest BCUT2D eigenvalue weighted by Gasteiger charge is 2.57. The van der Waals surface area contributed by atoms with Crippen LogP contribution in [-0.2, 0) is 11.2 Å². The predicted octanol–water partition coefficient (Wildman–Crippen LogP) is 6.35. The molecule has 0 heterocycles. The third kappa shape index (κ3) is 2.88. The average molecular weight is 413 g/mol. The van der Waals surface area contributed by atoms with Crippen LogP contribution in [0.2, 0.25) is 5.02 Å². The fourth-order valence-electron chi connectivity index (χ4n) is 5.63. The molecule has 0 radical (unpaired) electrons. The Bertz CT molecular complexity index is 1040. The van der Waals surface area contributed by atoms with Crippen molar-refractivity contribution in [2.75, 3.05) is 0 Å². The summed E-state index contributed by atoms with van der Waals surface area (Å²) in [6.45, 7) is 2.02. The molecule has 2 bridgehead atoms. The second-order valence-corrected chi connectivity index (χ2v) is 8.77. The summed E-state index contributed by atoms with van der Waals surface area (Å²) in [5.41, 5.74) is 2.18. The van der Waals surface area contributed by atoms with Crippen molar-refractivity contribution in [3.05, 3.63) is 64.1 Å². The minimum atomic E-state index is -0.552. The molecule has 29 heavy (non-hydrogen) atoms. The Balaban J connectivity index is 1.53. The molecule has 2 aromatic carbocycles. The smallest absolute Gasteiger partial charge is 0.170 e. The molecule has 3 nitrogen and oxygen atoms in total. The SMILES string of the molecule is CCc1ccc(Oc2ccc(Cl)c(F)c2)cc1C1=C(O)[C@@H]2[C@@H]3CC[C@@H](C3)[C@@H]2C1=O. The van der Waals surface area contributed by atoms with Gasteiger partial charge in [-0.1, -0.05) is 24.6 Å². The number of rotatable bonds is 4. The van der Waals surface area contributed by atoms with Gasteiger partial charge in [0.1, 0.15) is 23.1 Å². The lowest BCUT2D eigenvalue weighted by Crippen LogP contribution is -2.24. The lowest BCUT2D eigenvalue weighted by molar-refractivity contribution is -0.118. The maximum atomic E-state index is 13.7. The molecule has 3 aliphatic carbocycles. The van der Waals surface area contributed by atoms with Gasteiger partial charge in [0.2, 0.25) is 0 Å². The Labute approximate surface area is 174 Å². The number of aliphatic hydroxyl groups is 1. The standard InChI is InChI=1S/C24H22ClFO3/c1-2-12-5-6-15(29-16-7-8-18(25)19(26)11-16)10-17(12)22-23(27)20-13-3-4-14(9-13)21(20)24(22)28/h5-8,10-11,13-14,20-21,27H,2-4,9H2,1H3/t13-,14+,20-,21+/m1/s1. The van der Waals surface area contributed by atoms with Gasteiger partial charge in [-0.2, -0.15) is 0 Å². The molecule has 5 heteroatoms. The van der Waals surface area contributed by atoms with Crippen molar-refractivity contribution in [3.8, 4) is 11.5 Å². The number of hydrogen-bond acceptors (Lipinski definition) is 3. The van der Waals surface area contributed by atoms with Crippen LogP contribution in [-0.4, -0.2) is 10.9 Å². The van der Waals surface area contributed by atoms with E-state index in [1.807, 2.05) is 13.0 Å². The highest BCUT2D eigenvalue weighted by atomic mass is 35.5. The molecule has 0 aliphatic heterocycles. The van der Waals surface area contributed by atoms with E-state index in [-0.39, 0.29) is 28.4 Å². The van der Waals surface area contributed by atoms with Gasteiger partial charge in [0.05, 0.1) is 10.6 Å². The molecule has 5 rings (SSSR count). The summed E-state index contributed by atoms with van der Waals surface area (Å²) in [7, 11) is 0. The van der Waals surface area contributed by atoms with Crippen molar-refractivity contribution in [3.63, 3.8) is 0 Å². The van der Waals surface area contributed by atoms with E-state index in [0.29, 0.717) is 28.9 Å². The lowest BCUT2D eigenvalue weighted by atomic mass is 9.80. The summed E-state index contributed by atoms with van der Waals surface area (Å²) in [5, 5.41) is 11.1. The molecule has 3 aliphatic rings.